The zero-order valence-corrected chi connectivity index (χ0v) is 15.7. The Labute approximate surface area is 167 Å². The topological polar surface area (TPSA) is 81.0 Å². The fourth-order valence-corrected chi connectivity index (χ4v) is 3.09. The molecule has 4 rings (SSSR count). The van der Waals surface area contributed by atoms with E-state index in [1.165, 1.54) is 13.2 Å². The van der Waals surface area contributed by atoms with E-state index >= 15 is 0 Å². The highest BCUT2D eigenvalue weighted by atomic mass is 16.5. The van der Waals surface area contributed by atoms with Crippen molar-refractivity contribution in [3.8, 4) is 17.5 Å². The van der Waals surface area contributed by atoms with Crippen molar-refractivity contribution >= 4 is 23.0 Å². The minimum atomic E-state index is -0.695. The Morgan fingerprint density at radius 2 is 1.97 bits per heavy atom. The second kappa shape index (κ2) is 7.87. The molecule has 0 aliphatic heterocycles. The zero-order chi connectivity index (χ0) is 20.2. The van der Waals surface area contributed by atoms with Crippen LogP contribution < -0.4 is 0 Å². The third kappa shape index (κ3) is 3.80. The fraction of sp³-hybridized carbons (Fsp3) is 0.0870. The summed E-state index contributed by atoms with van der Waals surface area (Å²) < 4.78 is 12.4. The molecular formula is C23H17N3O3. The number of methoxy groups -OCH3 is 1. The van der Waals surface area contributed by atoms with Gasteiger partial charge in [0.25, 0.3) is 0 Å². The van der Waals surface area contributed by atoms with Crippen LogP contribution in [0.3, 0.4) is 0 Å². The Kier molecular flexibility index (Phi) is 4.95. The van der Waals surface area contributed by atoms with Gasteiger partial charge < -0.3 is 9.15 Å². The molecule has 29 heavy (non-hydrogen) atoms. The first-order valence-electron chi connectivity index (χ1n) is 8.98. The molecule has 4 aromatic rings. The first kappa shape index (κ1) is 18.3. The Hall–Kier alpha value is -4.11. The molecule has 0 bridgehead atoms. The SMILES string of the molecule is COC(=O)/C(C#N)=C/c1cn(Cc2ccccc2)nc1-c1cc2ccccc2o1. The molecule has 0 N–H and O–H groups in total. The van der Waals surface area contributed by atoms with Crippen LogP contribution >= 0.6 is 0 Å². The van der Waals surface area contributed by atoms with Crippen molar-refractivity contribution in [2.75, 3.05) is 7.11 Å². The summed E-state index contributed by atoms with van der Waals surface area (Å²) in [7, 11) is 1.24. The number of aromatic nitrogens is 2. The molecule has 0 aliphatic rings. The Balaban J connectivity index is 1.82. The molecule has 0 aliphatic carbocycles. The standard InChI is InChI=1S/C23H17N3O3/c1-28-23(27)18(13-24)11-19-15-26(14-16-7-3-2-4-8-16)25-22(19)21-12-17-9-5-6-10-20(17)29-21/h2-12,15H,14H2,1H3/b18-11+. The molecule has 0 fully saturated rings. The lowest BCUT2D eigenvalue weighted by Crippen LogP contribution is -2.02. The number of benzene rings is 2. The van der Waals surface area contributed by atoms with Gasteiger partial charge in [0.2, 0.25) is 0 Å². The summed E-state index contributed by atoms with van der Waals surface area (Å²) >= 11 is 0. The van der Waals surface area contributed by atoms with E-state index in [0.29, 0.717) is 23.6 Å². The van der Waals surface area contributed by atoms with Crippen LogP contribution in [-0.2, 0) is 16.1 Å². The number of hydrogen-bond donors (Lipinski definition) is 0. The van der Waals surface area contributed by atoms with Gasteiger partial charge in [-0.15, -0.1) is 0 Å². The fourth-order valence-electron chi connectivity index (χ4n) is 3.09. The highest BCUT2D eigenvalue weighted by Gasteiger charge is 2.17. The lowest BCUT2D eigenvalue weighted by atomic mass is 10.1. The van der Waals surface area contributed by atoms with Crippen molar-refractivity contribution in [1.82, 2.24) is 9.78 Å². The molecule has 0 spiro atoms. The van der Waals surface area contributed by atoms with E-state index in [0.717, 1.165) is 16.5 Å². The van der Waals surface area contributed by atoms with Crippen molar-refractivity contribution in [2.45, 2.75) is 6.54 Å². The quantitative estimate of drug-likeness (QED) is 0.289. The normalized spacial score (nSPS) is 11.4. The van der Waals surface area contributed by atoms with E-state index in [1.54, 1.807) is 10.9 Å². The molecule has 0 saturated heterocycles. The number of para-hydroxylation sites is 1. The minimum absolute atomic E-state index is 0.107. The van der Waals surface area contributed by atoms with Gasteiger partial charge in [0.1, 0.15) is 22.9 Å². The first-order valence-corrected chi connectivity index (χ1v) is 8.98. The molecule has 0 atom stereocenters. The molecule has 0 saturated carbocycles. The number of nitriles is 1. The highest BCUT2D eigenvalue weighted by Crippen LogP contribution is 2.30. The summed E-state index contributed by atoms with van der Waals surface area (Å²) in [5.74, 6) is -0.134. The van der Waals surface area contributed by atoms with Gasteiger partial charge in [0.15, 0.2) is 5.76 Å². The molecule has 0 amide bonds. The van der Waals surface area contributed by atoms with E-state index in [-0.39, 0.29) is 5.57 Å². The predicted octanol–water partition coefficient (Wildman–Crippen LogP) is 4.42. The maximum Gasteiger partial charge on any atom is 0.348 e. The van der Waals surface area contributed by atoms with Gasteiger partial charge in [-0.05, 0) is 23.8 Å². The van der Waals surface area contributed by atoms with Crippen molar-refractivity contribution in [2.24, 2.45) is 0 Å². The molecule has 6 nitrogen and oxygen atoms in total. The van der Waals surface area contributed by atoms with Gasteiger partial charge in [0, 0.05) is 17.1 Å². The number of nitrogens with zero attached hydrogens (tertiary/aromatic N) is 3. The number of esters is 1. The van der Waals surface area contributed by atoms with E-state index in [4.69, 9.17) is 9.15 Å². The third-order valence-corrected chi connectivity index (χ3v) is 4.46. The number of rotatable bonds is 5. The third-order valence-electron chi connectivity index (χ3n) is 4.46. The van der Waals surface area contributed by atoms with Crippen molar-refractivity contribution in [1.29, 1.82) is 5.26 Å². The van der Waals surface area contributed by atoms with Gasteiger partial charge in [-0.2, -0.15) is 10.4 Å². The van der Waals surface area contributed by atoms with Gasteiger partial charge in [-0.1, -0.05) is 48.5 Å². The number of ether oxygens (including phenoxy) is 1. The summed E-state index contributed by atoms with van der Waals surface area (Å²) in [5, 5.41) is 14.9. The average molecular weight is 383 g/mol. The summed E-state index contributed by atoms with van der Waals surface area (Å²) in [5.41, 5.74) is 2.86. The van der Waals surface area contributed by atoms with E-state index in [2.05, 4.69) is 5.10 Å². The van der Waals surface area contributed by atoms with E-state index < -0.39 is 5.97 Å². The smallest absolute Gasteiger partial charge is 0.348 e. The second-order valence-electron chi connectivity index (χ2n) is 6.43. The highest BCUT2D eigenvalue weighted by molar-refractivity contribution is 5.98. The second-order valence-corrected chi connectivity index (χ2v) is 6.43. The zero-order valence-electron chi connectivity index (χ0n) is 15.7. The first-order chi connectivity index (χ1) is 14.2. The molecule has 0 unspecified atom stereocenters. The van der Waals surface area contributed by atoms with Gasteiger partial charge in [-0.25, -0.2) is 4.79 Å². The van der Waals surface area contributed by atoms with Crippen LogP contribution in [0.2, 0.25) is 0 Å². The van der Waals surface area contributed by atoms with Gasteiger partial charge in [-0.3, -0.25) is 4.68 Å². The molecular weight excluding hydrogens is 366 g/mol. The number of carbonyl (C=O) groups excluding carboxylic acids is 1. The molecule has 142 valence electrons. The van der Waals surface area contributed by atoms with Crippen molar-refractivity contribution < 1.29 is 13.9 Å². The number of furan rings is 1. The van der Waals surface area contributed by atoms with E-state index in [9.17, 15) is 10.1 Å². The molecule has 2 aromatic heterocycles. The molecule has 0 radical (unpaired) electrons. The number of carbonyl (C=O) groups is 1. The summed E-state index contributed by atoms with van der Waals surface area (Å²) in [6.45, 7) is 0.544. The molecule has 6 heteroatoms. The van der Waals surface area contributed by atoms with E-state index in [1.807, 2.05) is 66.7 Å². The molecule has 2 heterocycles. The summed E-state index contributed by atoms with van der Waals surface area (Å²) in [4.78, 5) is 11.9. The van der Waals surface area contributed by atoms with Gasteiger partial charge >= 0.3 is 5.97 Å². The minimum Gasteiger partial charge on any atom is -0.465 e. The predicted molar refractivity (Wildman–Crippen MR) is 109 cm³/mol. The number of hydrogen-bond acceptors (Lipinski definition) is 5. The van der Waals surface area contributed by atoms with Crippen LogP contribution in [0, 0.1) is 11.3 Å². The van der Waals surface area contributed by atoms with Crippen LogP contribution in [0.5, 0.6) is 0 Å². The van der Waals surface area contributed by atoms with Crippen LogP contribution in [0.4, 0.5) is 0 Å². The van der Waals surface area contributed by atoms with Crippen LogP contribution in [0.1, 0.15) is 11.1 Å². The maximum absolute atomic E-state index is 11.9. The Morgan fingerprint density at radius 3 is 2.69 bits per heavy atom. The Morgan fingerprint density at radius 1 is 1.21 bits per heavy atom. The van der Waals surface area contributed by atoms with Crippen molar-refractivity contribution in [3.05, 3.63) is 83.6 Å². The summed E-state index contributed by atoms with van der Waals surface area (Å²) in [6.07, 6.45) is 3.26. The van der Waals surface area contributed by atoms with Crippen molar-refractivity contribution in [3.63, 3.8) is 0 Å². The largest absolute Gasteiger partial charge is 0.465 e. The summed E-state index contributed by atoms with van der Waals surface area (Å²) in [6, 6.07) is 21.3. The monoisotopic (exact) mass is 383 g/mol. The van der Waals surface area contributed by atoms with Crippen LogP contribution in [-0.4, -0.2) is 22.9 Å². The molecule has 2 aromatic carbocycles. The lowest BCUT2D eigenvalue weighted by Gasteiger charge is -2.00. The Bertz CT molecular complexity index is 1210. The average Bonchev–Trinajstić information content (AvgIpc) is 3.35. The maximum atomic E-state index is 11.9. The van der Waals surface area contributed by atoms with Crippen LogP contribution in [0.15, 0.2) is 76.9 Å². The van der Waals surface area contributed by atoms with Crippen LogP contribution in [0.25, 0.3) is 28.5 Å². The van der Waals surface area contributed by atoms with Gasteiger partial charge in [0.05, 0.1) is 13.7 Å². The lowest BCUT2D eigenvalue weighted by molar-refractivity contribution is -0.135. The number of fused-ring (bicyclic) bond motifs is 1.